The maximum absolute atomic E-state index is 12.3. The monoisotopic (exact) mass is 418 g/mol. The first kappa shape index (κ1) is 22.6. The van der Waals surface area contributed by atoms with Gasteiger partial charge in [0.2, 0.25) is 15.9 Å². The highest BCUT2D eigenvalue weighted by atomic mass is 32.2. The predicted molar refractivity (Wildman–Crippen MR) is 111 cm³/mol. The van der Waals surface area contributed by atoms with Crippen LogP contribution in [0.25, 0.3) is 0 Å². The molecular weight excluding hydrogens is 392 g/mol. The van der Waals surface area contributed by atoms with Crippen LogP contribution in [0.4, 0.5) is 0 Å². The highest BCUT2D eigenvalue weighted by Gasteiger charge is 2.16. The number of rotatable bonds is 10. The SMILES string of the molecule is CC(=O)c1ccc(S(=O)(=O)NCCC(=O)N(C)CCOc2ccccc2C)cc1. The summed E-state index contributed by atoms with van der Waals surface area (Å²) in [6, 6.07) is 13.3. The number of hydrogen-bond donors (Lipinski definition) is 1. The Balaban J connectivity index is 1.77. The lowest BCUT2D eigenvalue weighted by molar-refractivity contribution is -0.130. The molecule has 0 aliphatic carbocycles. The van der Waals surface area contributed by atoms with Gasteiger partial charge in [-0.05, 0) is 37.6 Å². The van der Waals surface area contributed by atoms with Crippen molar-refractivity contribution in [3.63, 3.8) is 0 Å². The summed E-state index contributed by atoms with van der Waals surface area (Å²) >= 11 is 0. The summed E-state index contributed by atoms with van der Waals surface area (Å²) in [4.78, 5) is 25.0. The van der Waals surface area contributed by atoms with E-state index < -0.39 is 10.0 Å². The van der Waals surface area contributed by atoms with Gasteiger partial charge in [-0.3, -0.25) is 9.59 Å². The molecule has 0 unspecified atom stereocenters. The molecular formula is C21H26N2O5S. The molecule has 1 amide bonds. The van der Waals surface area contributed by atoms with E-state index in [9.17, 15) is 18.0 Å². The molecule has 0 heterocycles. The molecule has 0 saturated heterocycles. The van der Waals surface area contributed by atoms with Crippen molar-refractivity contribution in [3.05, 3.63) is 59.7 Å². The molecule has 2 aromatic carbocycles. The van der Waals surface area contributed by atoms with Crippen molar-refractivity contribution in [2.24, 2.45) is 0 Å². The Morgan fingerprint density at radius 3 is 2.34 bits per heavy atom. The van der Waals surface area contributed by atoms with Gasteiger partial charge < -0.3 is 9.64 Å². The minimum absolute atomic E-state index is 0.0153. The van der Waals surface area contributed by atoms with Gasteiger partial charge in [0, 0.05) is 25.6 Å². The summed E-state index contributed by atoms with van der Waals surface area (Å²) in [6.45, 7) is 4.09. The van der Waals surface area contributed by atoms with E-state index in [0.717, 1.165) is 11.3 Å². The predicted octanol–water partition coefficient (Wildman–Crippen LogP) is 2.40. The highest BCUT2D eigenvalue weighted by molar-refractivity contribution is 7.89. The second-order valence-electron chi connectivity index (χ2n) is 6.66. The van der Waals surface area contributed by atoms with Crippen LogP contribution < -0.4 is 9.46 Å². The summed E-state index contributed by atoms with van der Waals surface area (Å²) in [5.41, 5.74) is 1.46. The smallest absolute Gasteiger partial charge is 0.240 e. The van der Waals surface area contributed by atoms with Crippen molar-refractivity contribution in [2.75, 3.05) is 26.7 Å². The van der Waals surface area contributed by atoms with Crippen LogP contribution in [0.3, 0.4) is 0 Å². The molecule has 2 rings (SSSR count). The fourth-order valence-corrected chi connectivity index (χ4v) is 3.60. The van der Waals surface area contributed by atoms with Gasteiger partial charge in [-0.15, -0.1) is 0 Å². The number of carbonyl (C=O) groups excluding carboxylic acids is 2. The number of Topliss-reactive ketones (excluding diaryl/α,β-unsaturated/α-hetero) is 1. The number of aryl methyl sites for hydroxylation is 1. The van der Waals surface area contributed by atoms with Crippen molar-refractivity contribution in [2.45, 2.75) is 25.2 Å². The fraction of sp³-hybridized carbons (Fsp3) is 0.333. The van der Waals surface area contributed by atoms with E-state index in [1.807, 2.05) is 31.2 Å². The van der Waals surface area contributed by atoms with E-state index in [-0.39, 0.29) is 29.6 Å². The molecule has 0 fully saturated rings. The van der Waals surface area contributed by atoms with Gasteiger partial charge in [0.1, 0.15) is 12.4 Å². The van der Waals surface area contributed by atoms with Gasteiger partial charge >= 0.3 is 0 Å². The standard InChI is InChI=1S/C21H26N2O5S/c1-16-6-4-5-7-20(16)28-15-14-23(3)21(25)12-13-22-29(26,27)19-10-8-18(9-11-19)17(2)24/h4-11,22H,12-15H2,1-3H3. The van der Waals surface area contributed by atoms with Crippen LogP contribution in [0.1, 0.15) is 29.3 Å². The van der Waals surface area contributed by atoms with Crippen molar-refractivity contribution < 1.29 is 22.7 Å². The number of likely N-dealkylation sites (N-methyl/N-ethyl adjacent to an activating group) is 1. The van der Waals surface area contributed by atoms with Gasteiger partial charge in [-0.2, -0.15) is 0 Å². The lowest BCUT2D eigenvalue weighted by Crippen LogP contribution is -2.34. The second-order valence-corrected chi connectivity index (χ2v) is 8.42. The second kappa shape index (κ2) is 10.2. The molecule has 7 nitrogen and oxygen atoms in total. The molecule has 0 aromatic heterocycles. The van der Waals surface area contributed by atoms with Crippen molar-refractivity contribution in [1.82, 2.24) is 9.62 Å². The number of carbonyl (C=O) groups is 2. The fourth-order valence-electron chi connectivity index (χ4n) is 2.57. The van der Waals surface area contributed by atoms with Crippen LogP contribution in [-0.4, -0.2) is 51.8 Å². The van der Waals surface area contributed by atoms with Crippen LogP contribution >= 0.6 is 0 Å². The van der Waals surface area contributed by atoms with Crippen molar-refractivity contribution in [3.8, 4) is 5.75 Å². The molecule has 0 aliphatic heterocycles. The Morgan fingerprint density at radius 1 is 1.07 bits per heavy atom. The first-order chi connectivity index (χ1) is 13.7. The Morgan fingerprint density at radius 2 is 1.72 bits per heavy atom. The lowest BCUT2D eigenvalue weighted by Gasteiger charge is -2.18. The average molecular weight is 419 g/mol. The lowest BCUT2D eigenvalue weighted by atomic mass is 10.2. The zero-order valence-electron chi connectivity index (χ0n) is 16.8. The topological polar surface area (TPSA) is 92.8 Å². The number of sulfonamides is 1. The minimum Gasteiger partial charge on any atom is -0.491 e. The third-order valence-corrected chi connectivity index (χ3v) is 5.88. The van der Waals surface area contributed by atoms with E-state index in [2.05, 4.69) is 4.72 Å². The molecule has 1 N–H and O–H groups in total. The van der Waals surface area contributed by atoms with Crippen LogP contribution in [-0.2, 0) is 14.8 Å². The van der Waals surface area contributed by atoms with E-state index in [1.165, 1.54) is 36.1 Å². The minimum atomic E-state index is -3.74. The summed E-state index contributed by atoms with van der Waals surface area (Å²) in [6.07, 6.45) is 0.0334. The Kier molecular flexibility index (Phi) is 7.92. The van der Waals surface area contributed by atoms with Crippen molar-refractivity contribution >= 4 is 21.7 Å². The number of ketones is 1. The molecule has 8 heteroatoms. The number of para-hydroxylation sites is 1. The normalized spacial score (nSPS) is 11.1. The third kappa shape index (κ3) is 6.69. The molecule has 156 valence electrons. The third-order valence-electron chi connectivity index (χ3n) is 4.41. The number of ether oxygens (including phenoxy) is 1. The molecule has 0 spiro atoms. The first-order valence-electron chi connectivity index (χ1n) is 9.24. The molecule has 29 heavy (non-hydrogen) atoms. The number of nitrogens with zero attached hydrogens (tertiary/aromatic N) is 1. The number of nitrogens with one attached hydrogen (secondary N) is 1. The summed E-state index contributed by atoms with van der Waals surface area (Å²) in [5, 5.41) is 0. The van der Waals surface area contributed by atoms with Crippen LogP contribution in [0.5, 0.6) is 5.75 Å². The van der Waals surface area contributed by atoms with Crippen LogP contribution in [0.2, 0.25) is 0 Å². The van der Waals surface area contributed by atoms with Gasteiger partial charge in [0.25, 0.3) is 0 Å². The molecule has 0 saturated carbocycles. The van der Waals surface area contributed by atoms with E-state index in [4.69, 9.17) is 4.74 Å². The highest BCUT2D eigenvalue weighted by Crippen LogP contribution is 2.16. The zero-order chi connectivity index (χ0) is 21.4. The quantitative estimate of drug-likeness (QED) is 0.598. The molecule has 0 aliphatic rings. The number of hydrogen-bond acceptors (Lipinski definition) is 5. The number of amides is 1. The molecule has 0 radical (unpaired) electrons. The molecule has 0 atom stereocenters. The zero-order valence-corrected chi connectivity index (χ0v) is 17.7. The number of benzene rings is 2. The van der Waals surface area contributed by atoms with E-state index in [0.29, 0.717) is 18.7 Å². The summed E-state index contributed by atoms with van der Waals surface area (Å²) < 4.78 is 32.6. The van der Waals surface area contributed by atoms with Gasteiger partial charge in [-0.25, -0.2) is 13.1 Å². The maximum atomic E-state index is 12.3. The maximum Gasteiger partial charge on any atom is 0.240 e. The van der Waals surface area contributed by atoms with Crippen molar-refractivity contribution in [1.29, 1.82) is 0 Å². The van der Waals surface area contributed by atoms with E-state index in [1.54, 1.807) is 7.05 Å². The Labute approximate surface area is 171 Å². The van der Waals surface area contributed by atoms with E-state index >= 15 is 0 Å². The average Bonchev–Trinajstić information content (AvgIpc) is 2.69. The largest absolute Gasteiger partial charge is 0.491 e. The first-order valence-corrected chi connectivity index (χ1v) is 10.7. The van der Waals surface area contributed by atoms with Gasteiger partial charge in [0.05, 0.1) is 11.4 Å². The van der Waals surface area contributed by atoms with Crippen LogP contribution in [0.15, 0.2) is 53.4 Å². The Bertz CT molecular complexity index is 955. The molecule has 2 aromatic rings. The molecule has 0 bridgehead atoms. The van der Waals surface area contributed by atoms with Crippen LogP contribution in [0, 0.1) is 6.92 Å². The summed E-state index contributed by atoms with van der Waals surface area (Å²) in [7, 11) is -2.09. The van der Waals surface area contributed by atoms with Gasteiger partial charge in [0.15, 0.2) is 5.78 Å². The summed E-state index contributed by atoms with van der Waals surface area (Å²) in [5.74, 6) is 0.451. The Hall–Kier alpha value is -2.71. The van der Waals surface area contributed by atoms with Gasteiger partial charge in [-0.1, -0.05) is 30.3 Å².